The van der Waals surface area contributed by atoms with Crippen LogP contribution in [0.5, 0.6) is 0 Å². The number of carbonyl (C=O) groups excluding carboxylic acids is 1. The second-order valence-electron chi connectivity index (χ2n) is 4.20. The fraction of sp³-hybridized carbons (Fsp3) is 0.364. The van der Waals surface area contributed by atoms with Gasteiger partial charge in [0.05, 0.1) is 10.6 Å². The Kier molecular flexibility index (Phi) is 3.24. The van der Waals surface area contributed by atoms with E-state index in [1.165, 1.54) is 4.90 Å². The molecule has 1 unspecified atom stereocenters. The highest BCUT2D eigenvalue weighted by molar-refractivity contribution is 5.96. The van der Waals surface area contributed by atoms with E-state index in [-0.39, 0.29) is 29.6 Å². The first-order valence-corrected chi connectivity index (χ1v) is 5.47. The number of rotatable bonds is 3. The molecule has 1 heterocycles. The third-order valence-corrected chi connectivity index (χ3v) is 2.97. The number of benzene rings is 1. The van der Waals surface area contributed by atoms with Crippen molar-refractivity contribution in [2.24, 2.45) is 11.7 Å². The van der Waals surface area contributed by atoms with Gasteiger partial charge in [-0.3, -0.25) is 14.9 Å². The number of nitro groups is 1. The second-order valence-corrected chi connectivity index (χ2v) is 4.20. The summed E-state index contributed by atoms with van der Waals surface area (Å²) < 4.78 is 13.6. The lowest BCUT2D eigenvalue weighted by atomic mass is 10.1. The lowest BCUT2D eigenvalue weighted by Gasteiger charge is -2.16. The number of halogens is 1. The van der Waals surface area contributed by atoms with Crippen molar-refractivity contribution in [3.63, 3.8) is 0 Å². The zero-order chi connectivity index (χ0) is 13.3. The van der Waals surface area contributed by atoms with Crippen LogP contribution in [-0.4, -0.2) is 23.9 Å². The standard InChI is InChI=1S/C11H12FN3O3/c12-9-2-1-8(15(17)18)4-10(9)14-6-7(5-13)3-11(14)16/h1-2,4,7H,3,5-6,13H2. The highest BCUT2D eigenvalue weighted by atomic mass is 19.1. The Morgan fingerprint density at radius 1 is 1.56 bits per heavy atom. The Hall–Kier alpha value is -2.02. The molecular weight excluding hydrogens is 241 g/mol. The summed E-state index contributed by atoms with van der Waals surface area (Å²) in [6, 6.07) is 3.14. The quantitative estimate of drug-likeness (QED) is 0.644. The fourth-order valence-corrected chi connectivity index (χ4v) is 1.99. The molecular formula is C11H12FN3O3. The minimum atomic E-state index is -0.647. The van der Waals surface area contributed by atoms with E-state index in [0.717, 1.165) is 18.2 Å². The van der Waals surface area contributed by atoms with E-state index < -0.39 is 10.7 Å². The van der Waals surface area contributed by atoms with Gasteiger partial charge < -0.3 is 10.6 Å². The van der Waals surface area contributed by atoms with E-state index in [4.69, 9.17) is 5.73 Å². The van der Waals surface area contributed by atoms with Gasteiger partial charge in [-0.15, -0.1) is 0 Å². The lowest BCUT2D eigenvalue weighted by molar-refractivity contribution is -0.384. The molecule has 1 amide bonds. The molecule has 0 aliphatic carbocycles. The Balaban J connectivity index is 2.35. The number of hydrogen-bond acceptors (Lipinski definition) is 4. The smallest absolute Gasteiger partial charge is 0.271 e. The van der Waals surface area contributed by atoms with Crippen LogP contribution in [0.2, 0.25) is 0 Å². The van der Waals surface area contributed by atoms with Crippen LogP contribution in [0.3, 0.4) is 0 Å². The summed E-state index contributed by atoms with van der Waals surface area (Å²) in [4.78, 5) is 23.0. The molecule has 96 valence electrons. The van der Waals surface area contributed by atoms with Crippen LogP contribution in [0.15, 0.2) is 18.2 Å². The first-order chi connectivity index (χ1) is 8.52. The molecule has 0 radical (unpaired) electrons. The van der Waals surface area contributed by atoms with E-state index >= 15 is 0 Å². The third-order valence-electron chi connectivity index (χ3n) is 2.97. The van der Waals surface area contributed by atoms with Gasteiger partial charge in [0.15, 0.2) is 0 Å². The van der Waals surface area contributed by atoms with Crippen LogP contribution in [0.1, 0.15) is 6.42 Å². The maximum atomic E-state index is 13.6. The molecule has 1 fully saturated rings. The van der Waals surface area contributed by atoms with Crippen molar-refractivity contribution in [1.29, 1.82) is 0 Å². The third kappa shape index (κ3) is 2.17. The predicted octanol–water partition coefficient (Wildman–Crippen LogP) is 1.05. The van der Waals surface area contributed by atoms with Gasteiger partial charge in [-0.05, 0) is 18.5 Å². The highest BCUT2D eigenvalue weighted by Crippen LogP contribution is 2.30. The minimum absolute atomic E-state index is 0.0313. The van der Waals surface area contributed by atoms with Crippen molar-refractivity contribution in [3.8, 4) is 0 Å². The van der Waals surface area contributed by atoms with Crippen LogP contribution in [0.4, 0.5) is 15.8 Å². The van der Waals surface area contributed by atoms with Gasteiger partial charge in [-0.1, -0.05) is 0 Å². The zero-order valence-electron chi connectivity index (χ0n) is 9.51. The highest BCUT2D eigenvalue weighted by Gasteiger charge is 2.32. The maximum Gasteiger partial charge on any atom is 0.271 e. The van der Waals surface area contributed by atoms with Crippen LogP contribution in [-0.2, 0) is 4.79 Å². The lowest BCUT2D eigenvalue weighted by Crippen LogP contribution is -2.26. The number of non-ortho nitro benzene ring substituents is 1. The van der Waals surface area contributed by atoms with Gasteiger partial charge >= 0.3 is 0 Å². The fourth-order valence-electron chi connectivity index (χ4n) is 1.99. The van der Waals surface area contributed by atoms with Crippen molar-refractivity contribution < 1.29 is 14.1 Å². The monoisotopic (exact) mass is 253 g/mol. The van der Waals surface area contributed by atoms with Crippen molar-refractivity contribution in [1.82, 2.24) is 0 Å². The van der Waals surface area contributed by atoms with Gasteiger partial charge in [0.25, 0.3) is 5.69 Å². The van der Waals surface area contributed by atoms with Crippen molar-refractivity contribution in [2.75, 3.05) is 18.0 Å². The summed E-state index contributed by atoms with van der Waals surface area (Å²) in [7, 11) is 0. The molecule has 1 aromatic carbocycles. The Morgan fingerprint density at radius 3 is 2.83 bits per heavy atom. The van der Waals surface area contributed by atoms with Crippen molar-refractivity contribution >= 4 is 17.3 Å². The van der Waals surface area contributed by atoms with E-state index in [9.17, 15) is 19.3 Å². The maximum absolute atomic E-state index is 13.6. The van der Waals surface area contributed by atoms with E-state index in [1.807, 2.05) is 0 Å². The second kappa shape index (κ2) is 4.69. The number of amides is 1. The average molecular weight is 253 g/mol. The van der Waals surface area contributed by atoms with Crippen molar-refractivity contribution in [3.05, 3.63) is 34.1 Å². The molecule has 1 aliphatic heterocycles. The first kappa shape index (κ1) is 12.4. The molecule has 1 saturated heterocycles. The molecule has 1 aliphatic rings. The van der Waals surface area contributed by atoms with E-state index in [1.54, 1.807) is 0 Å². The van der Waals surface area contributed by atoms with E-state index in [2.05, 4.69) is 0 Å². The summed E-state index contributed by atoms with van der Waals surface area (Å²) in [5.74, 6) is -0.937. The number of carbonyl (C=O) groups is 1. The molecule has 2 N–H and O–H groups in total. The number of nitrogens with two attached hydrogens (primary N) is 1. The topological polar surface area (TPSA) is 89.5 Å². The molecule has 2 rings (SSSR count). The van der Waals surface area contributed by atoms with Crippen LogP contribution < -0.4 is 10.6 Å². The molecule has 0 bridgehead atoms. The summed E-state index contributed by atoms with van der Waals surface area (Å²) in [6.45, 7) is 0.631. The Labute approximate surface area is 102 Å². The zero-order valence-corrected chi connectivity index (χ0v) is 9.51. The molecule has 1 atom stereocenters. The van der Waals surface area contributed by atoms with E-state index in [0.29, 0.717) is 13.1 Å². The SMILES string of the molecule is NCC1CC(=O)N(c2cc([N+](=O)[O-])ccc2F)C1. The largest absolute Gasteiger partial charge is 0.330 e. The van der Waals surface area contributed by atoms with Gasteiger partial charge in [-0.25, -0.2) is 4.39 Å². The predicted molar refractivity (Wildman–Crippen MR) is 62.6 cm³/mol. The van der Waals surface area contributed by atoms with Gasteiger partial charge in [0.2, 0.25) is 5.91 Å². The average Bonchev–Trinajstić information content (AvgIpc) is 2.71. The summed E-state index contributed by atoms with van der Waals surface area (Å²) >= 11 is 0. The summed E-state index contributed by atoms with van der Waals surface area (Å²) in [5, 5.41) is 10.6. The summed E-state index contributed by atoms with van der Waals surface area (Å²) in [6.07, 6.45) is 0.249. The van der Waals surface area contributed by atoms with Gasteiger partial charge in [0.1, 0.15) is 5.82 Å². The number of nitrogens with zero attached hydrogens (tertiary/aromatic N) is 2. The van der Waals surface area contributed by atoms with Gasteiger partial charge in [0, 0.05) is 25.1 Å². The van der Waals surface area contributed by atoms with Crippen LogP contribution in [0.25, 0.3) is 0 Å². The molecule has 1 aromatic rings. The number of nitro benzene ring substituents is 1. The molecule has 0 saturated carbocycles. The normalized spacial score (nSPS) is 19.3. The first-order valence-electron chi connectivity index (χ1n) is 5.47. The summed E-state index contributed by atoms with van der Waals surface area (Å²) in [5.41, 5.74) is 5.18. The van der Waals surface area contributed by atoms with Crippen LogP contribution in [0, 0.1) is 21.8 Å². The van der Waals surface area contributed by atoms with Gasteiger partial charge in [-0.2, -0.15) is 0 Å². The molecule has 7 heteroatoms. The molecule has 0 aromatic heterocycles. The molecule has 18 heavy (non-hydrogen) atoms. The Morgan fingerprint density at radius 2 is 2.28 bits per heavy atom. The van der Waals surface area contributed by atoms with Crippen LogP contribution >= 0.6 is 0 Å². The Bertz CT molecular complexity index is 506. The molecule has 6 nitrogen and oxygen atoms in total. The van der Waals surface area contributed by atoms with Crippen molar-refractivity contribution in [2.45, 2.75) is 6.42 Å². The number of anilines is 1. The number of hydrogen-bond donors (Lipinski definition) is 1. The molecule has 0 spiro atoms. The minimum Gasteiger partial charge on any atom is -0.330 e.